The normalized spacial score (nSPS) is 18.6. The summed E-state index contributed by atoms with van der Waals surface area (Å²) in [5.41, 5.74) is 0.745. The van der Waals surface area contributed by atoms with Gasteiger partial charge in [0, 0.05) is 17.8 Å². The van der Waals surface area contributed by atoms with Gasteiger partial charge in [-0.05, 0) is 37.8 Å². The first-order valence-electron chi connectivity index (χ1n) is 5.92. The molecule has 0 spiro atoms. The molecular formula is C13H18FNO. The third-order valence-electron chi connectivity index (χ3n) is 3.45. The Bertz CT molecular complexity index is 361. The van der Waals surface area contributed by atoms with Gasteiger partial charge in [0.25, 0.3) is 0 Å². The average Bonchev–Trinajstić information content (AvgIpc) is 2.77. The summed E-state index contributed by atoms with van der Waals surface area (Å²) in [7, 11) is 0. The van der Waals surface area contributed by atoms with E-state index in [4.69, 9.17) is 5.11 Å². The molecule has 2 rings (SSSR count). The molecule has 3 heteroatoms. The van der Waals surface area contributed by atoms with Crippen molar-refractivity contribution in [3.05, 3.63) is 24.0 Å². The number of hydrogen-bond donors (Lipinski definition) is 2. The fraction of sp³-hybridized carbons (Fsp3) is 0.538. The van der Waals surface area contributed by atoms with E-state index in [0.717, 1.165) is 5.69 Å². The number of hydrogen-bond acceptors (Lipinski definition) is 2. The van der Waals surface area contributed by atoms with Gasteiger partial charge in [0.05, 0.1) is 0 Å². The zero-order valence-corrected chi connectivity index (χ0v) is 9.54. The lowest BCUT2D eigenvalue weighted by atomic mass is 9.99. The summed E-state index contributed by atoms with van der Waals surface area (Å²) in [6, 6.07) is 4.82. The van der Waals surface area contributed by atoms with Crippen LogP contribution in [0.15, 0.2) is 18.2 Å². The topological polar surface area (TPSA) is 32.3 Å². The largest absolute Gasteiger partial charge is 0.505 e. The summed E-state index contributed by atoms with van der Waals surface area (Å²) < 4.78 is 13.1. The molecule has 88 valence electrons. The number of nitrogens with one attached hydrogen (secondary N) is 1. The van der Waals surface area contributed by atoms with E-state index in [1.165, 1.54) is 37.8 Å². The molecule has 1 aromatic carbocycles. The van der Waals surface area contributed by atoms with Crippen LogP contribution >= 0.6 is 0 Å². The quantitative estimate of drug-likeness (QED) is 0.768. The highest BCUT2D eigenvalue weighted by Gasteiger charge is 2.21. The number of anilines is 1. The maximum absolute atomic E-state index is 13.1. The number of benzene rings is 1. The zero-order valence-electron chi connectivity index (χ0n) is 9.54. The molecule has 1 aromatic rings. The highest BCUT2D eigenvalue weighted by Crippen LogP contribution is 2.29. The van der Waals surface area contributed by atoms with E-state index in [0.29, 0.717) is 12.0 Å². The van der Waals surface area contributed by atoms with Crippen LogP contribution < -0.4 is 5.32 Å². The maximum Gasteiger partial charge on any atom is 0.166 e. The van der Waals surface area contributed by atoms with Crippen molar-refractivity contribution in [2.45, 2.75) is 38.6 Å². The van der Waals surface area contributed by atoms with E-state index in [2.05, 4.69) is 12.2 Å². The van der Waals surface area contributed by atoms with Crippen molar-refractivity contribution >= 4 is 5.69 Å². The molecule has 0 radical (unpaired) electrons. The Hall–Kier alpha value is -1.25. The summed E-state index contributed by atoms with van der Waals surface area (Å²) in [4.78, 5) is 0. The van der Waals surface area contributed by atoms with E-state index >= 15 is 0 Å². The molecule has 0 saturated heterocycles. The van der Waals surface area contributed by atoms with Crippen molar-refractivity contribution in [2.75, 3.05) is 5.32 Å². The maximum atomic E-state index is 13.1. The molecule has 0 bridgehead atoms. The Morgan fingerprint density at radius 1 is 1.38 bits per heavy atom. The third-order valence-corrected chi connectivity index (χ3v) is 3.45. The van der Waals surface area contributed by atoms with Crippen molar-refractivity contribution < 1.29 is 9.50 Å². The zero-order chi connectivity index (χ0) is 11.5. The van der Waals surface area contributed by atoms with Crippen molar-refractivity contribution in [3.8, 4) is 5.75 Å². The van der Waals surface area contributed by atoms with Crippen LogP contribution in [0.5, 0.6) is 5.75 Å². The van der Waals surface area contributed by atoms with E-state index in [9.17, 15) is 4.39 Å². The second-order valence-corrected chi connectivity index (χ2v) is 4.64. The molecule has 0 heterocycles. The van der Waals surface area contributed by atoms with Crippen LogP contribution in [0.25, 0.3) is 0 Å². The van der Waals surface area contributed by atoms with Crippen LogP contribution in [0.2, 0.25) is 0 Å². The van der Waals surface area contributed by atoms with Gasteiger partial charge >= 0.3 is 0 Å². The molecule has 0 amide bonds. The van der Waals surface area contributed by atoms with Crippen molar-refractivity contribution in [1.82, 2.24) is 0 Å². The lowest BCUT2D eigenvalue weighted by Crippen LogP contribution is -2.23. The average molecular weight is 223 g/mol. The number of phenols is 1. The summed E-state index contributed by atoms with van der Waals surface area (Å²) in [5, 5.41) is 12.4. The fourth-order valence-electron chi connectivity index (χ4n) is 2.43. The second kappa shape index (κ2) is 4.73. The van der Waals surface area contributed by atoms with E-state index in [1.54, 1.807) is 6.07 Å². The molecule has 1 atom stereocenters. The Kier molecular flexibility index (Phi) is 3.32. The molecule has 1 fully saturated rings. The monoisotopic (exact) mass is 223 g/mol. The van der Waals surface area contributed by atoms with Crippen molar-refractivity contribution in [2.24, 2.45) is 5.92 Å². The lowest BCUT2D eigenvalue weighted by molar-refractivity contribution is 0.432. The molecule has 1 aliphatic carbocycles. The van der Waals surface area contributed by atoms with Crippen LogP contribution in [0, 0.1) is 11.7 Å². The molecule has 16 heavy (non-hydrogen) atoms. The van der Waals surface area contributed by atoms with Crippen LogP contribution in [0.1, 0.15) is 32.6 Å². The molecule has 1 aliphatic rings. The predicted molar refractivity (Wildman–Crippen MR) is 63.1 cm³/mol. The molecule has 1 unspecified atom stereocenters. The van der Waals surface area contributed by atoms with Gasteiger partial charge in [0.2, 0.25) is 0 Å². The standard InChI is InChI=1S/C13H18FNO/c1-9(10-4-2-3-5-10)15-11-6-7-13(16)12(14)8-11/h6-10,15-16H,2-5H2,1H3. The minimum Gasteiger partial charge on any atom is -0.505 e. The predicted octanol–water partition coefficient (Wildman–Crippen LogP) is 3.52. The molecule has 2 N–H and O–H groups in total. The molecule has 1 saturated carbocycles. The van der Waals surface area contributed by atoms with Gasteiger partial charge in [0.1, 0.15) is 0 Å². The minimum atomic E-state index is -0.566. The lowest BCUT2D eigenvalue weighted by Gasteiger charge is -2.21. The number of halogens is 1. The smallest absolute Gasteiger partial charge is 0.166 e. The highest BCUT2D eigenvalue weighted by molar-refractivity contribution is 5.47. The summed E-state index contributed by atoms with van der Waals surface area (Å²) >= 11 is 0. The van der Waals surface area contributed by atoms with E-state index in [-0.39, 0.29) is 5.75 Å². The van der Waals surface area contributed by atoms with Gasteiger partial charge in [0.15, 0.2) is 11.6 Å². The van der Waals surface area contributed by atoms with Crippen LogP contribution in [0.4, 0.5) is 10.1 Å². The van der Waals surface area contributed by atoms with E-state index in [1.807, 2.05) is 0 Å². The Morgan fingerprint density at radius 3 is 2.69 bits per heavy atom. The van der Waals surface area contributed by atoms with Crippen LogP contribution in [-0.4, -0.2) is 11.1 Å². The second-order valence-electron chi connectivity index (χ2n) is 4.64. The first-order valence-corrected chi connectivity index (χ1v) is 5.92. The SMILES string of the molecule is CC(Nc1ccc(O)c(F)c1)C1CCCC1. The van der Waals surface area contributed by atoms with Crippen molar-refractivity contribution in [1.29, 1.82) is 0 Å². The van der Waals surface area contributed by atoms with Gasteiger partial charge in [-0.2, -0.15) is 0 Å². The number of phenolic OH excluding ortho intramolecular Hbond substituents is 1. The highest BCUT2D eigenvalue weighted by atomic mass is 19.1. The van der Waals surface area contributed by atoms with Crippen molar-refractivity contribution in [3.63, 3.8) is 0 Å². The Labute approximate surface area is 95.5 Å². The summed E-state index contributed by atoms with van der Waals surface area (Å²) in [5.74, 6) is -0.167. The molecule has 2 nitrogen and oxygen atoms in total. The van der Waals surface area contributed by atoms with Gasteiger partial charge in [-0.25, -0.2) is 4.39 Å². The van der Waals surface area contributed by atoms with Gasteiger partial charge in [-0.3, -0.25) is 0 Å². The fourth-order valence-corrected chi connectivity index (χ4v) is 2.43. The van der Waals surface area contributed by atoms with Crippen LogP contribution in [0.3, 0.4) is 0 Å². The van der Waals surface area contributed by atoms with E-state index < -0.39 is 5.82 Å². The Balaban J connectivity index is 1.99. The number of rotatable bonds is 3. The Morgan fingerprint density at radius 2 is 2.06 bits per heavy atom. The van der Waals surface area contributed by atoms with Gasteiger partial charge in [-0.15, -0.1) is 0 Å². The molecule has 0 aliphatic heterocycles. The molecular weight excluding hydrogens is 205 g/mol. The first kappa shape index (κ1) is 11.2. The third kappa shape index (κ3) is 2.46. The number of aromatic hydroxyl groups is 1. The summed E-state index contributed by atoms with van der Waals surface area (Å²) in [6.07, 6.45) is 5.13. The summed E-state index contributed by atoms with van der Waals surface area (Å²) in [6.45, 7) is 2.14. The first-order chi connectivity index (χ1) is 7.66. The van der Waals surface area contributed by atoms with Gasteiger partial charge < -0.3 is 10.4 Å². The minimum absolute atomic E-state index is 0.293. The van der Waals surface area contributed by atoms with Crippen LogP contribution in [-0.2, 0) is 0 Å². The van der Waals surface area contributed by atoms with Gasteiger partial charge in [-0.1, -0.05) is 12.8 Å². The molecule has 0 aromatic heterocycles.